The van der Waals surface area contributed by atoms with E-state index in [-0.39, 0.29) is 17.4 Å². The monoisotopic (exact) mass is 282 g/mol. The molecule has 1 heterocycles. The normalized spacial score (nSPS) is 21.7. The molecule has 0 radical (unpaired) electrons. The minimum atomic E-state index is -0.594. The molecule has 0 bridgehead atoms. The second-order valence-corrected chi connectivity index (χ2v) is 4.79. The summed E-state index contributed by atoms with van der Waals surface area (Å²) in [6.07, 6.45) is 4.42. The van der Waals surface area contributed by atoms with E-state index < -0.39 is 4.92 Å². The Morgan fingerprint density at radius 2 is 2.10 bits per heavy atom. The molecule has 110 valence electrons. The zero-order chi connectivity index (χ0) is 14.5. The first-order chi connectivity index (χ1) is 9.67. The van der Waals surface area contributed by atoms with Gasteiger partial charge in [-0.05, 0) is 31.2 Å². The highest BCUT2D eigenvalue weighted by atomic mass is 16.6. The summed E-state index contributed by atoms with van der Waals surface area (Å²) in [5.74, 6) is 0.588. The van der Waals surface area contributed by atoms with Crippen LogP contribution in [0.3, 0.4) is 0 Å². The summed E-state index contributed by atoms with van der Waals surface area (Å²) in [4.78, 5) is 18.0. The van der Waals surface area contributed by atoms with Gasteiger partial charge in [-0.25, -0.2) is 0 Å². The van der Waals surface area contributed by atoms with Crippen LogP contribution in [0.5, 0.6) is 11.8 Å². The highest BCUT2D eigenvalue weighted by Gasteiger charge is 2.30. The molecule has 20 heavy (non-hydrogen) atoms. The van der Waals surface area contributed by atoms with Crippen LogP contribution in [0.15, 0.2) is 6.33 Å². The van der Waals surface area contributed by atoms with Crippen molar-refractivity contribution in [2.45, 2.75) is 19.3 Å². The summed E-state index contributed by atoms with van der Waals surface area (Å²) in [5, 5.41) is 11.1. The smallest absolute Gasteiger partial charge is 0.392 e. The topological polar surface area (TPSA) is 113 Å². The number of hydrogen-bond donors (Lipinski definition) is 1. The first-order valence-corrected chi connectivity index (χ1v) is 6.53. The molecular formula is C12H18N4O4. The summed E-state index contributed by atoms with van der Waals surface area (Å²) in [5.41, 5.74) is 5.37. The van der Waals surface area contributed by atoms with Crippen LogP contribution in [0.2, 0.25) is 0 Å². The van der Waals surface area contributed by atoms with Crippen molar-refractivity contribution < 1.29 is 14.4 Å². The van der Waals surface area contributed by atoms with Gasteiger partial charge in [0.1, 0.15) is 6.33 Å². The van der Waals surface area contributed by atoms with Gasteiger partial charge in [-0.1, -0.05) is 6.42 Å². The van der Waals surface area contributed by atoms with Crippen LogP contribution in [0.25, 0.3) is 0 Å². The summed E-state index contributed by atoms with van der Waals surface area (Å²) >= 11 is 0. The number of nitrogens with zero attached hydrogens (tertiary/aromatic N) is 3. The first kappa shape index (κ1) is 14.4. The number of hydrogen-bond acceptors (Lipinski definition) is 7. The van der Waals surface area contributed by atoms with Gasteiger partial charge in [0.2, 0.25) is 0 Å². The van der Waals surface area contributed by atoms with E-state index in [0.29, 0.717) is 25.0 Å². The van der Waals surface area contributed by atoms with Crippen molar-refractivity contribution in [3.8, 4) is 11.8 Å². The third-order valence-corrected chi connectivity index (χ3v) is 3.68. The fraction of sp³-hybridized carbons (Fsp3) is 0.667. The molecule has 1 aromatic rings. The Balaban J connectivity index is 2.11. The molecule has 1 saturated carbocycles. The van der Waals surface area contributed by atoms with Gasteiger partial charge in [-0.2, -0.15) is 9.97 Å². The lowest BCUT2D eigenvalue weighted by Crippen LogP contribution is -2.23. The Morgan fingerprint density at radius 3 is 2.75 bits per heavy atom. The molecule has 8 nitrogen and oxygen atoms in total. The Morgan fingerprint density at radius 1 is 1.40 bits per heavy atom. The minimum Gasteiger partial charge on any atom is -0.476 e. The van der Waals surface area contributed by atoms with Crippen LogP contribution in [-0.4, -0.2) is 35.2 Å². The maximum atomic E-state index is 11.1. The summed E-state index contributed by atoms with van der Waals surface area (Å²) in [6, 6.07) is 0. The molecular weight excluding hydrogens is 264 g/mol. The molecule has 1 aliphatic rings. The second-order valence-electron chi connectivity index (χ2n) is 4.79. The molecule has 0 amide bonds. The molecule has 0 aromatic carbocycles. The predicted molar refractivity (Wildman–Crippen MR) is 70.6 cm³/mol. The van der Waals surface area contributed by atoms with Crippen LogP contribution in [0.1, 0.15) is 19.3 Å². The number of nitro groups is 1. The van der Waals surface area contributed by atoms with Crippen LogP contribution in [0, 0.1) is 22.0 Å². The van der Waals surface area contributed by atoms with Gasteiger partial charge in [0.25, 0.3) is 0 Å². The Kier molecular flexibility index (Phi) is 4.67. The molecule has 0 saturated heterocycles. The Labute approximate surface area is 116 Å². The number of nitrogens with two attached hydrogens (primary N) is 1. The molecule has 0 spiro atoms. The van der Waals surface area contributed by atoms with Gasteiger partial charge in [-0.3, -0.25) is 10.1 Å². The zero-order valence-corrected chi connectivity index (χ0v) is 11.3. The van der Waals surface area contributed by atoms with Crippen molar-refractivity contribution in [3.63, 3.8) is 0 Å². The molecule has 8 heteroatoms. The van der Waals surface area contributed by atoms with Crippen molar-refractivity contribution in [1.29, 1.82) is 0 Å². The molecule has 2 unspecified atom stereocenters. The van der Waals surface area contributed by atoms with E-state index >= 15 is 0 Å². The SMILES string of the molecule is COc1ncnc(OCC2CCCC2CN)c1[N+](=O)[O-]. The van der Waals surface area contributed by atoms with E-state index in [1.807, 2.05) is 0 Å². The molecule has 1 aliphatic carbocycles. The number of ether oxygens (including phenoxy) is 2. The average molecular weight is 282 g/mol. The summed E-state index contributed by atoms with van der Waals surface area (Å²) in [6.45, 7) is 0.992. The third-order valence-electron chi connectivity index (χ3n) is 3.68. The van der Waals surface area contributed by atoms with Gasteiger partial charge in [0, 0.05) is 0 Å². The molecule has 1 fully saturated rings. The van der Waals surface area contributed by atoms with Gasteiger partial charge < -0.3 is 15.2 Å². The molecule has 2 atom stereocenters. The van der Waals surface area contributed by atoms with Crippen LogP contribution in [0.4, 0.5) is 5.69 Å². The number of aromatic nitrogens is 2. The van der Waals surface area contributed by atoms with Crippen LogP contribution >= 0.6 is 0 Å². The van der Waals surface area contributed by atoms with E-state index in [9.17, 15) is 10.1 Å². The third kappa shape index (κ3) is 2.96. The molecule has 1 aromatic heterocycles. The van der Waals surface area contributed by atoms with Crippen molar-refractivity contribution in [3.05, 3.63) is 16.4 Å². The predicted octanol–water partition coefficient (Wildman–Crippen LogP) is 1.15. The van der Waals surface area contributed by atoms with Crippen LogP contribution in [-0.2, 0) is 0 Å². The Hall–Kier alpha value is -1.96. The lowest BCUT2D eigenvalue weighted by Gasteiger charge is -2.17. The highest BCUT2D eigenvalue weighted by Crippen LogP contribution is 2.35. The lowest BCUT2D eigenvalue weighted by molar-refractivity contribution is -0.387. The summed E-state index contributed by atoms with van der Waals surface area (Å²) in [7, 11) is 1.32. The standard InChI is InChI=1S/C12H18N4O4/c1-19-11-10(16(17)18)12(15-7-14-11)20-6-9-4-2-3-8(9)5-13/h7-9H,2-6,13H2,1H3. The van der Waals surface area contributed by atoms with Gasteiger partial charge in [0.15, 0.2) is 0 Å². The maximum Gasteiger partial charge on any atom is 0.392 e. The fourth-order valence-electron chi connectivity index (χ4n) is 2.59. The van der Waals surface area contributed by atoms with E-state index in [1.165, 1.54) is 13.4 Å². The van der Waals surface area contributed by atoms with E-state index in [1.54, 1.807) is 0 Å². The van der Waals surface area contributed by atoms with Crippen molar-refractivity contribution in [1.82, 2.24) is 9.97 Å². The van der Waals surface area contributed by atoms with Crippen molar-refractivity contribution in [2.75, 3.05) is 20.3 Å². The quantitative estimate of drug-likeness (QED) is 0.614. The van der Waals surface area contributed by atoms with Crippen molar-refractivity contribution in [2.24, 2.45) is 17.6 Å². The Bertz CT molecular complexity index is 483. The number of rotatable bonds is 6. The molecule has 0 aliphatic heterocycles. The average Bonchev–Trinajstić information content (AvgIpc) is 2.91. The maximum absolute atomic E-state index is 11.1. The second kappa shape index (κ2) is 6.47. The highest BCUT2D eigenvalue weighted by molar-refractivity contribution is 5.48. The zero-order valence-electron chi connectivity index (χ0n) is 11.3. The molecule has 2 N–H and O–H groups in total. The molecule has 2 rings (SSSR count). The van der Waals surface area contributed by atoms with Gasteiger partial charge in [0.05, 0.1) is 18.6 Å². The first-order valence-electron chi connectivity index (χ1n) is 6.53. The largest absolute Gasteiger partial charge is 0.476 e. The van der Waals surface area contributed by atoms with E-state index in [2.05, 4.69) is 9.97 Å². The number of methoxy groups -OCH3 is 1. The lowest BCUT2D eigenvalue weighted by atomic mass is 9.97. The summed E-state index contributed by atoms with van der Waals surface area (Å²) < 4.78 is 10.4. The van der Waals surface area contributed by atoms with E-state index in [4.69, 9.17) is 15.2 Å². The fourth-order valence-corrected chi connectivity index (χ4v) is 2.59. The van der Waals surface area contributed by atoms with Crippen molar-refractivity contribution >= 4 is 5.69 Å². The van der Waals surface area contributed by atoms with Crippen LogP contribution < -0.4 is 15.2 Å². The van der Waals surface area contributed by atoms with Gasteiger partial charge >= 0.3 is 17.4 Å². The van der Waals surface area contributed by atoms with Gasteiger partial charge in [-0.15, -0.1) is 0 Å². The van der Waals surface area contributed by atoms with E-state index in [0.717, 1.165) is 19.3 Å². The minimum absolute atomic E-state index is 0.0514.